The quantitative estimate of drug-likeness (QED) is 0.800. The van der Waals surface area contributed by atoms with Gasteiger partial charge in [0.15, 0.2) is 11.0 Å². The van der Waals surface area contributed by atoms with Crippen LogP contribution in [-0.2, 0) is 0 Å². The van der Waals surface area contributed by atoms with E-state index in [0.29, 0.717) is 17.5 Å². The van der Waals surface area contributed by atoms with E-state index in [0.717, 1.165) is 31.1 Å². The van der Waals surface area contributed by atoms with Crippen LogP contribution in [0.5, 0.6) is 0 Å². The SMILES string of the molecule is CC1(O)CCCN(c2nsnc2Cl)C1. The predicted octanol–water partition coefficient (Wildman–Crippen LogP) is 1.54. The van der Waals surface area contributed by atoms with Crippen LogP contribution in [0, 0.1) is 0 Å². The molecule has 1 saturated heterocycles. The molecule has 1 fully saturated rings. The lowest BCUT2D eigenvalue weighted by molar-refractivity contribution is 0.0447. The van der Waals surface area contributed by atoms with Gasteiger partial charge in [0.1, 0.15) is 0 Å². The predicted molar refractivity (Wildman–Crippen MR) is 57.0 cm³/mol. The van der Waals surface area contributed by atoms with Gasteiger partial charge in [0.25, 0.3) is 0 Å². The number of aliphatic hydroxyl groups is 1. The monoisotopic (exact) mass is 233 g/mol. The maximum Gasteiger partial charge on any atom is 0.187 e. The molecule has 14 heavy (non-hydrogen) atoms. The molecule has 1 unspecified atom stereocenters. The van der Waals surface area contributed by atoms with Crippen LogP contribution in [0.2, 0.25) is 5.15 Å². The Bertz CT molecular complexity index is 328. The molecule has 0 saturated carbocycles. The lowest BCUT2D eigenvalue weighted by Gasteiger charge is -2.36. The molecule has 2 heterocycles. The smallest absolute Gasteiger partial charge is 0.187 e. The summed E-state index contributed by atoms with van der Waals surface area (Å²) in [6.07, 6.45) is 1.79. The number of rotatable bonds is 1. The Morgan fingerprint density at radius 1 is 1.57 bits per heavy atom. The van der Waals surface area contributed by atoms with Crippen molar-refractivity contribution in [3.8, 4) is 0 Å². The summed E-state index contributed by atoms with van der Waals surface area (Å²) in [5, 5.41) is 10.3. The minimum absolute atomic E-state index is 0.438. The molecule has 6 heteroatoms. The molecule has 2 rings (SSSR count). The van der Waals surface area contributed by atoms with E-state index in [4.69, 9.17) is 11.6 Å². The molecular weight excluding hydrogens is 222 g/mol. The second-order valence-electron chi connectivity index (χ2n) is 3.90. The second-order valence-corrected chi connectivity index (χ2v) is 4.79. The summed E-state index contributed by atoms with van der Waals surface area (Å²) in [7, 11) is 0. The van der Waals surface area contributed by atoms with Gasteiger partial charge in [-0.05, 0) is 19.8 Å². The molecule has 1 aliphatic rings. The third-order valence-corrected chi connectivity index (χ3v) is 3.28. The number of piperidine rings is 1. The van der Waals surface area contributed by atoms with Crippen LogP contribution in [0.4, 0.5) is 5.82 Å². The fourth-order valence-electron chi connectivity index (χ4n) is 1.76. The summed E-state index contributed by atoms with van der Waals surface area (Å²) in [6.45, 7) is 3.31. The first kappa shape index (κ1) is 10.1. The molecule has 1 aromatic rings. The molecule has 1 aliphatic heterocycles. The van der Waals surface area contributed by atoms with Crippen LogP contribution in [0.25, 0.3) is 0 Å². The number of halogens is 1. The maximum absolute atomic E-state index is 9.91. The third-order valence-electron chi connectivity index (χ3n) is 2.41. The number of hydrogen-bond donors (Lipinski definition) is 1. The summed E-state index contributed by atoms with van der Waals surface area (Å²) < 4.78 is 8.03. The molecule has 0 aliphatic carbocycles. The first-order chi connectivity index (χ1) is 6.58. The summed E-state index contributed by atoms with van der Waals surface area (Å²) in [5.41, 5.74) is -0.634. The van der Waals surface area contributed by atoms with E-state index < -0.39 is 5.60 Å². The van der Waals surface area contributed by atoms with Crippen molar-refractivity contribution in [1.29, 1.82) is 0 Å². The number of hydrogen-bond acceptors (Lipinski definition) is 5. The molecule has 1 atom stereocenters. The summed E-state index contributed by atoms with van der Waals surface area (Å²) in [4.78, 5) is 2.00. The van der Waals surface area contributed by atoms with E-state index in [9.17, 15) is 5.11 Å². The van der Waals surface area contributed by atoms with Crippen molar-refractivity contribution in [2.75, 3.05) is 18.0 Å². The highest BCUT2D eigenvalue weighted by atomic mass is 35.5. The zero-order chi connectivity index (χ0) is 10.2. The zero-order valence-electron chi connectivity index (χ0n) is 7.90. The number of anilines is 1. The van der Waals surface area contributed by atoms with E-state index >= 15 is 0 Å². The highest BCUT2D eigenvalue weighted by Gasteiger charge is 2.30. The first-order valence-electron chi connectivity index (χ1n) is 4.54. The van der Waals surface area contributed by atoms with Crippen molar-refractivity contribution in [3.63, 3.8) is 0 Å². The van der Waals surface area contributed by atoms with Crippen molar-refractivity contribution in [3.05, 3.63) is 5.15 Å². The highest BCUT2D eigenvalue weighted by molar-refractivity contribution is 6.99. The van der Waals surface area contributed by atoms with Crippen molar-refractivity contribution in [2.45, 2.75) is 25.4 Å². The summed E-state index contributed by atoms with van der Waals surface area (Å²) in [6, 6.07) is 0. The summed E-state index contributed by atoms with van der Waals surface area (Å²) >= 11 is 6.98. The van der Waals surface area contributed by atoms with Gasteiger partial charge in [0, 0.05) is 13.1 Å². The van der Waals surface area contributed by atoms with E-state index in [1.165, 1.54) is 0 Å². The van der Waals surface area contributed by atoms with Crippen molar-refractivity contribution >= 4 is 29.1 Å². The molecule has 1 N–H and O–H groups in total. The fraction of sp³-hybridized carbons (Fsp3) is 0.750. The molecule has 4 nitrogen and oxygen atoms in total. The van der Waals surface area contributed by atoms with Gasteiger partial charge in [-0.25, -0.2) is 0 Å². The Balaban J connectivity index is 2.16. The second kappa shape index (κ2) is 3.64. The molecule has 0 aromatic carbocycles. The van der Waals surface area contributed by atoms with Gasteiger partial charge in [-0.15, -0.1) is 0 Å². The van der Waals surface area contributed by atoms with E-state index in [2.05, 4.69) is 8.75 Å². The molecule has 0 bridgehead atoms. The van der Waals surface area contributed by atoms with Crippen molar-refractivity contribution < 1.29 is 5.11 Å². The van der Waals surface area contributed by atoms with Gasteiger partial charge < -0.3 is 10.0 Å². The Morgan fingerprint density at radius 2 is 2.36 bits per heavy atom. The van der Waals surface area contributed by atoms with Crippen LogP contribution < -0.4 is 4.90 Å². The fourth-order valence-corrected chi connectivity index (χ4v) is 2.54. The van der Waals surface area contributed by atoms with Crippen LogP contribution in [0.1, 0.15) is 19.8 Å². The minimum Gasteiger partial charge on any atom is -0.388 e. The third kappa shape index (κ3) is 1.99. The Labute approximate surface area is 91.8 Å². The first-order valence-corrected chi connectivity index (χ1v) is 5.65. The number of aromatic nitrogens is 2. The van der Waals surface area contributed by atoms with Gasteiger partial charge in [-0.3, -0.25) is 0 Å². The van der Waals surface area contributed by atoms with Crippen LogP contribution in [0.3, 0.4) is 0 Å². The van der Waals surface area contributed by atoms with Gasteiger partial charge in [-0.1, -0.05) is 11.6 Å². The number of nitrogens with zero attached hydrogens (tertiary/aromatic N) is 3. The van der Waals surface area contributed by atoms with Gasteiger partial charge in [0.2, 0.25) is 0 Å². The average Bonchev–Trinajstić information content (AvgIpc) is 2.49. The standard InChI is InChI=1S/C8H12ClN3OS/c1-8(13)3-2-4-12(5-8)7-6(9)10-14-11-7/h13H,2-5H2,1H3. The van der Waals surface area contributed by atoms with Crippen molar-refractivity contribution in [1.82, 2.24) is 8.75 Å². The average molecular weight is 234 g/mol. The molecule has 1 aromatic heterocycles. The van der Waals surface area contributed by atoms with Crippen molar-refractivity contribution in [2.24, 2.45) is 0 Å². The van der Waals surface area contributed by atoms with Gasteiger partial charge in [-0.2, -0.15) is 8.75 Å². The van der Waals surface area contributed by atoms with E-state index in [-0.39, 0.29) is 0 Å². The van der Waals surface area contributed by atoms with E-state index in [1.807, 2.05) is 11.8 Å². The topological polar surface area (TPSA) is 49.2 Å². The Hall–Kier alpha value is -0.390. The summed E-state index contributed by atoms with van der Waals surface area (Å²) in [5.74, 6) is 0.705. The molecule has 78 valence electrons. The molecule has 0 radical (unpaired) electrons. The van der Waals surface area contributed by atoms with Gasteiger partial charge in [0.05, 0.1) is 17.3 Å². The Morgan fingerprint density at radius 3 is 2.93 bits per heavy atom. The molecular formula is C8H12ClN3OS. The lowest BCUT2D eigenvalue weighted by Crippen LogP contribution is -2.46. The Kier molecular flexibility index (Phi) is 2.64. The number of β-amino-alcohol motifs (C(OH)–C–C–N with tert-alkyl or cyclic N) is 1. The van der Waals surface area contributed by atoms with E-state index in [1.54, 1.807) is 0 Å². The van der Waals surface area contributed by atoms with Crippen LogP contribution >= 0.6 is 23.3 Å². The van der Waals surface area contributed by atoms with Gasteiger partial charge >= 0.3 is 0 Å². The van der Waals surface area contributed by atoms with Crippen LogP contribution in [-0.4, -0.2) is 32.5 Å². The van der Waals surface area contributed by atoms with Crippen LogP contribution in [0.15, 0.2) is 0 Å². The maximum atomic E-state index is 9.91. The highest BCUT2D eigenvalue weighted by Crippen LogP contribution is 2.29. The normalized spacial score (nSPS) is 28.1. The molecule has 0 spiro atoms. The minimum atomic E-state index is -0.634. The lowest BCUT2D eigenvalue weighted by atomic mass is 9.95. The molecule has 0 amide bonds. The zero-order valence-corrected chi connectivity index (χ0v) is 9.48. The largest absolute Gasteiger partial charge is 0.388 e.